The van der Waals surface area contributed by atoms with Crippen molar-refractivity contribution in [3.63, 3.8) is 0 Å². The van der Waals surface area contributed by atoms with E-state index in [1.807, 2.05) is 41.1 Å². The molecule has 0 spiro atoms. The Morgan fingerprint density at radius 2 is 1.79 bits per heavy atom. The summed E-state index contributed by atoms with van der Waals surface area (Å²) in [5, 5.41) is 10.6. The Morgan fingerprint density at radius 3 is 2.48 bits per heavy atom. The minimum atomic E-state index is -0.283. The summed E-state index contributed by atoms with van der Waals surface area (Å²) in [6.45, 7) is 0. The fraction of sp³-hybridized carbons (Fsp3) is 0.0476. The zero-order valence-electron chi connectivity index (χ0n) is 15.4. The van der Waals surface area contributed by atoms with Crippen molar-refractivity contribution in [2.75, 3.05) is 17.3 Å². The molecule has 6 nitrogen and oxygen atoms in total. The Morgan fingerprint density at radius 1 is 1.00 bits per heavy atom. The number of carbonyl (C=O) groups is 2. The van der Waals surface area contributed by atoms with Crippen LogP contribution in [0.1, 0.15) is 20.0 Å². The molecule has 0 aliphatic heterocycles. The lowest BCUT2D eigenvalue weighted by Crippen LogP contribution is -2.28. The molecule has 0 fully saturated rings. The number of hydrogen-bond donors (Lipinski definition) is 1. The van der Waals surface area contributed by atoms with Crippen molar-refractivity contribution in [1.29, 1.82) is 0 Å². The van der Waals surface area contributed by atoms with Crippen LogP contribution in [0.5, 0.6) is 0 Å². The van der Waals surface area contributed by atoms with E-state index in [1.165, 1.54) is 27.8 Å². The second-order valence-electron chi connectivity index (χ2n) is 6.18. The second kappa shape index (κ2) is 8.34. The minimum absolute atomic E-state index is 0.151. The van der Waals surface area contributed by atoms with Crippen molar-refractivity contribution in [1.82, 2.24) is 9.59 Å². The van der Waals surface area contributed by atoms with Crippen LogP contribution in [-0.4, -0.2) is 28.4 Å². The third-order valence-corrected chi connectivity index (χ3v) is 5.71. The predicted octanol–water partition coefficient (Wildman–Crippen LogP) is 4.80. The predicted molar refractivity (Wildman–Crippen MR) is 117 cm³/mol. The van der Waals surface area contributed by atoms with Crippen molar-refractivity contribution < 1.29 is 9.59 Å². The van der Waals surface area contributed by atoms with E-state index in [2.05, 4.69) is 14.9 Å². The highest BCUT2D eigenvalue weighted by atomic mass is 32.1. The van der Waals surface area contributed by atoms with Gasteiger partial charge in [-0.2, -0.15) is 0 Å². The molecule has 0 aliphatic rings. The first-order chi connectivity index (χ1) is 14.1. The van der Waals surface area contributed by atoms with Crippen molar-refractivity contribution in [3.8, 4) is 11.3 Å². The summed E-state index contributed by atoms with van der Waals surface area (Å²) in [4.78, 5) is 27.7. The molecule has 0 atom stereocenters. The maximum atomic E-state index is 12.9. The van der Waals surface area contributed by atoms with Gasteiger partial charge in [0, 0.05) is 23.7 Å². The van der Waals surface area contributed by atoms with E-state index < -0.39 is 0 Å². The summed E-state index contributed by atoms with van der Waals surface area (Å²) < 4.78 is 3.86. The average molecular weight is 421 g/mol. The van der Waals surface area contributed by atoms with Crippen molar-refractivity contribution in [3.05, 3.63) is 81.9 Å². The number of hydrogen-bond acceptors (Lipinski definition) is 6. The molecule has 0 bridgehead atoms. The maximum absolute atomic E-state index is 12.9. The molecular formula is C21H16N4O2S2. The topological polar surface area (TPSA) is 75.2 Å². The van der Waals surface area contributed by atoms with Crippen molar-refractivity contribution in [2.24, 2.45) is 0 Å². The lowest BCUT2D eigenvalue weighted by atomic mass is 10.1. The molecule has 144 valence electrons. The summed E-state index contributed by atoms with van der Waals surface area (Å²) in [6.07, 6.45) is 0. The van der Waals surface area contributed by atoms with Gasteiger partial charge in [0.1, 0.15) is 5.69 Å². The third-order valence-electron chi connectivity index (χ3n) is 4.35. The van der Waals surface area contributed by atoms with E-state index in [1.54, 1.807) is 37.4 Å². The van der Waals surface area contributed by atoms with Gasteiger partial charge in [0.15, 0.2) is 0 Å². The van der Waals surface area contributed by atoms with Gasteiger partial charge in [0.2, 0.25) is 0 Å². The van der Waals surface area contributed by atoms with Crippen LogP contribution < -0.4 is 10.2 Å². The number of thiophene rings is 1. The third kappa shape index (κ3) is 4.08. The highest BCUT2D eigenvalue weighted by Crippen LogP contribution is 2.25. The highest BCUT2D eigenvalue weighted by molar-refractivity contribution is 7.12. The first kappa shape index (κ1) is 19.0. The molecule has 4 rings (SSSR count). The molecular weight excluding hydrogens is 404 g/mol. The normalized spacial score (nSPS) is 10.5. The molecule has 1 N–H and O–H groups in total. The molecule has 0 aliphatic carbocycles. The van der Waals surface area contributed by atoms with Gasteiger partial charge >= 0.3 is 0 Å². The van der Waals surface area contributed by atoms with Gasteiger partial charge in [-0.05, 0) is 47.2 Å². The van der Waals surface area contributed by atoms with E-state index >= 15 is 0 Å². The molecule has 4 aromatic rings. The van der Waals surface area contributed by atoms with Crippen LogP contribution in [0.4, 0.5) is 11.4 Å². The van der Waals surface area contributed by atoms with Gasteiger partial charge in [-0.3, -0.25) is 9.59 Å². The van der Waals surface area contributed by atoms with Crippen LogP contribution in [0.25, 0.3) is 11.3 Å². The number of nitrogens with zero attached hydrogens (tertiary/aromatic N) is 3. The largest absolute Gasteiger partial charge is 0.322 e. The number of anilines is 2. The zero-order valence-corrected chi connectivity index (χ0v) is 17.0. The number of aromatic nitrogens is 2. The molecule has 0 saturated heterocycles. The van der Waals surface area contributed by atoms with Crippen LogP contribution in [0.3, 0.4) is 0 Å². The van der Waals surface area contributed by atoms with E-state index in [0.717, 1.165) is 11.3 Å². The average Bonchev–Trinajstić information content (AvgIpc) is 3.47. The summed E-state index contributed by atoms with van der Waals surface area (Å²) in [5.74, 6) is -0.434. The molecule has 2 amide bonds. The quantitative estimate of drug-likeness (QED) is 0.503. The monoisotopic (exact) mass is 420 g/mol. The Hall–Kier alpha value is -3.36. The van der Waals surface area contributed by atoms with Gasteiger partial charge in [0.05, 0.1) is 16.1 Å². The summed E-state index contributed by atoms with van der Waals surface area (Å²) in [6, 6.07) is 18.0. The maximum Gasteiger partial charge on any atom is 0.268 e. The van der Waals surface area contributed by atoms with E-state index in [4.69, 9.17) is 0 Å². The van der Waals surface area contributed by atoms with Gasteiger partial charge < -0.3 is 10.2 Å². The van der Waals surface area contributed by atoms with Crippen LogP contribution in [0.2, 0.25) is 0 Å². The van der Waals surface area contributed by atoms with E-state index in [-0.39, 0.29) is 11.8 Å². The fourth-order valence-electron chi connectivity index (χ4n) is 2.85. The van der Waals surface area contributed by atoms with E-state index in [0.29, 0.717) is 21.8 Å². The Labute approximate surface area is 175 Å². The van der Waals surface area contributed by atoms with Crippen LogP contribution in [-0.2, 0) is 0 Å². The van der Waals surface area contributed by atoms with Crippen LogP contribution >= 0.6 is 22.9 Å². The molecule has 0 unspecified atom stereocenters. The number of amides is 2. The Bertz CT molecular complexity index is 1120. The Balaban J connectivity index is 1.54. The SMILES string of the molecule is CN(C(=O)c1cccs1)c1ccccc1C(=O)Nc1ccc(-c2csnn2)cc1. The summed E-state index contributed by atoms with van der Waals surface area (Å²) in [7, 11) is 1.67. The lowest BCUT2D eigenvalue weighted by molar-refractivity contribution is 0.0996. The van der Waals surface area contributed by atoms with Gasteiger partial charge in [-0.25, -0.2) is 0 Å². The fourth-order valence-corrected chi connectivity index (χ4v) is 4.01. The summed E-state index contributed by atoms with van der Waals surface area (Å²) >= 11 is 2.66. The smallest absolute Gasteiger partial charge is 0.268 e. The Kier molecular flexibility index (Phi) is 5.46. The molecule has 29 heavy (non-hydrogen) atoms. The number of para-hydroxylation sites is 1. The number of nitrogens with one attached hydrogen (secondary N) is 1. The second-order valence-corrected chi connectivity index (χ2v) is 7.74. The first-order valence-corrected chi connectivity index (χ1v) is 10.4. The van der Waals surface area contributed by atoms with Crippen LogP contribution in [0, 0.1) is 0 Å². The number of rotatable bonds is 5. The van der Waals surface area contributed by atoms with Gasteiger partial charge in [0.25, 0.3) is 11.8 Å². The molecule has 0 radical (unpaired) electrons. The summed E-state index contributed by atoms with van der Waals surface area (Å²) in [5.41, 5.74) is 3.36. The van der Waals surface area contributed by atoms with Gasteiger partial charge in [-0.1, -0.05) is 34.8 Å². The molecule has 2 aromatic heterocycles. The van der Waals surface area contributed by atoms with E-state index in [9.17, 15) is 9.59 Å². The zero-order chi connectivity index (χ0) is 20.2. The van der Waals surface area contributed by atoms with Crippen molar-refractivity contribution >= 4 is 46.1 Å². The molecule has 0 saturated carbocycles. The standard InChI is InChI=1S/C21H16N4O2S2/c1-25(21(27)19-7-4-12-28-19)18-6-3-2-5-16(18)20(26)22-15-10-8-14(9-11-15)17-13-29-24-23-17/h2-13H,1H3,(H,22,26). The minimum Gasteiger partial charge on any atom is -0.322 e. The molecule has 8 heteroatoms. The highest BCUT2D eigenvalue weighted by Gasteiger charge is 2.20. The number of benzene rings is 2. The first-order valence-electron chi connectivity index (χ1n) is 8.73. The van der Waals surface area contributed by atoms with Gasteiger partial charge in [-0.15, -0.1) is 16.4 Å². The molecule has 2 aromatic carbocycles. The van der Waals surface area contributed by atoms with Crippen LogP contribution in [0.15, 0.2) is 71.4 Å². The number of carbonyl (C=O) groups excluding carboxylic acids is 2. The van der Waals surface area contributed by atoms with Crippen molar-refractivity contribution in [2.45, 2.75) is 0 Å². The molecule has 2 heterocycles. The lowest BCUT2D eigenvalue weighted by Gasteiger charge is -2.20.